The number of hydrogen-bond donors (Lipinski definition) is 1. The zero-order valence-corrected chi connectivity index (χ0v) is 13.6. The molecule has 0 unspecified atom stereocenters. The Labute approximate surface area is 131 Å². The molecule has 1 saturated heterocycles. The minimum absolute atomic E-state index is 0.185. The SMILES string of the molecule is COc1cccc([C@H]2C[C@H](O)CN2S(=O)(=O)CCC2CC2)c1. The maximum absolute atomic E-state index is 12.6. The number of methoxy groups -OCH3 is 1. The third kappa shape index (κ3) is 3.45. The highest BCUT2D eigenvalue weighted by Crippen LogP contribution is 2.38. The number of nitrogens with zero attached hydrogens (tertiary/aromatic N) is 1. The molecule has 1 N–H and O–H groups in total. The summed E-state index contributed by atoms with van der Waals surface area (Å²) in [6.45, 7) is 0.189. The summed E-state index contributed by atoms with van der Waals surface area (Å²) < 4.78 is 32.0. The van der Waals surface area contributed by atoms with E-state index in [0.717, 1.165) is 24.8 Å². The maximum atomic E-state index is 12.6. The summed E-state index contributed by atoms with van der Waals surface area (Å²) in [6.07, 6.45) is 2.87. The standard InChI is InChI=1S/C16H23NO4S/c1-21-15-4-2-3-13(9-15)16-10-14(18)11-17(16)22(19,20)8-7-12-5-6-12/h2-4,9,12,14,16,18H,5-8,10-11H2,1H3/t14-,16+/m0/s1. The lowest BCUT2D eigenvalue weighted by molar-refractivity contribution is 0.188. The number of rotatable bonds is 6. The molecule has 1 aromatic carbocycles. The van der Waals surface area contributed by atoms with E-state index >= 15 is 0 Å². The highest BCUT2D eigenvalue weighted by Gasteiger charge is 2.40. The first-order valence-electron chi connectivity index (χ1n) is 7.81. The topological polar surface area (TPSA) is 66.8 Å². The van der Waals surface area contributed by atoms with Crippen LogP contribution in [0.3, 0.4) is 0 Å². The van der Waals surface area contributed by atoms with Crippen molar-refractivity contribution in [3.63, 3.8) is 0 Å². The van der Waals surface area contributed by atoms with Crippen LogP contribution >= 0.6 is 0 Å². The van der Waals surface area contributed by atoms with Crippen molar-refractivity contribution in [1.82, 2.24) is 4.31 Å². The number of benzene rings is 1. The van der Waals surface area contributed by atoms with Gasteiger partial charge in [-0.15, -0.1) is 0 Å². The van der Waals surface area contributed by atoms with Crippen LogP contribution in [0.25, 0.3) is 0 Å². The molecule has 1 heterocycles. The summed E-state index contributed by atoms with van der Waals surface area (Å²) in [6, 6.07) is 7.14. The number of aliphatic hydroxyl groups is 1. The Bertz CT molecular complexity index is 627. The average Bonchev–Trinajstić information content (AvgIpc) is 3.26. The van der Waals surface area contributed by atoms with E-state index in [4.69, 9.17) is 4.74 Å². The molecular formula is C16H23NO4S. The molecule has 1 saturated carbocycles. The van der Waals surface area contributed by atoms with Gasteiger partial charge in [-0.25, -0.2) is 8.42 Å². The van der Waals surface area contributed by atoms with Gasteiger partial charge in [0.1, 0.15) is 5.75 Å². The molecular weight excluding hydrogens is 302 g/mol. The van der Waals surface area contributed by atoms with Crippen LogP contribution in [-0.4, -0.2) is 43.3 Å². The smallest absolute Gasteiger partial charge is 0.214 e. The highest BCUT2D eigenvalue weighted by molar-refractivity contribution is 7.89. The summed E-state index contributed by atoms with van der Waals surface area (Å²) in [5, 5.41) is 9.97. The predicted octanol–water partition coefficient (Wildman–Crippen LogP) is 1.93. The lowest BCUT2D eigenvalue weighted by Crippen LogP contribution is -2.33. The summed E-state index contributed by atoms with van der Waals surface area (Å²) in [7, 11) is -1.74. The van der Waals surface area contributed by atoms with Gasteiger partial charge >= 0.3 is 0 Å². The van der Waals surface area contributed by atoms with Gasteiger partial charge < -0.3 is 9.84 Å². The van der Waals surface area contributed by atoms with E-state index in [2.05, 4.69) is 0 Å². The van der Waals surface area contributed by atoms with Crippen molar-refractivity contribution in [2.24, 2.45) is 5.92 Å². The van der Waals surface area contributed by atoms with E-state index in [1.807, 2.05) is 24.3 Å². The Hall–Kier alpha value is -1.11. The number of hydrogen-bond acceptors (Lipinski definition) is 4. The second kappa shape index (κ2) is 6.18. The Balaban J connectivity index is 1.81. The quantitative estimate of drug-likeness (QED) is 0.868. The van der Waals surface area contributed by atoms with Crippen molar-refractivity contribution in [2.45, 2.75) is 37.8 Å². The van der Waals surface area contributed by atoms with Gasteiger partial charge in [0, 0.05) is 6.54 Å². The Morgan fingerprint density at radius 1 is 1.36 bits per heavy atom. The first kappa shape index (κ1) is 15.8. The minimum Gasteiger partial charge on any atom is -0.497 e. The molecule has 1 aliphatic heterocycles. The normalized spacial score (nSPS) is 26.3. The van der Waals surface area contributed by atoms with Crippen LogP contribution in [0.1, 0.15) is 37.3 Å². The van der Waals surface area contributed by atoms with Crippen molar-refractivity contribution in [3.8, 4) is 5.75 Å². The number of aliphatic hydroxyl groups excluding tert-OH is 1. The monoisotopic (exact) mass is 325 g/mol. The maximum Gasteiger partial charge on any atom is 0.214 e. The van der Waals surface area contributed by atoms with E-state index < -0.39 is 16.1 Å². The van der Waals surface area contributed by atoms with Crippen molar-refractivity contribution < 1.29 is 18.3 Å². The van der Waals surface area contributed by atoms with Crippen molar-refractivity contribution in [3.05, 3.63) is 29.8 Å². The number of sulfonamides is 1. The first-order chi connectivity index (χ1) is 10.5. The molecule has 2 aliphatic rings. The van der Waals surface area contributed by atoms with Crippen LogP contribution in [0.4, 0.5) is 0 Å². The fourth-order valence-corrected chi connectivity index (χ4v) is 4.94. The van der Waals surface area contributed by atoms with E-state index in [9.17, 15) is 13.5 Å². The summed E-state index contributed by atoms with van der Waals surface area (Å²) in [5.41, 5.74) is 0.880. The fraction of sp³-hybridized carbons (Fsp3) is 0.625. The average molecular weight is 325 g/mol. The fourth-order valence-electron chi connectivity index (χ4n) is 3.08. The largest absolute Gasteiger partial charge is 0.497 e. The summed E-state index contributed by atoms with van der Waals surface area (Å²) >= 11 is 0. The molecule has 3 rings (SSSR count). The Morgan fingerprint density at radius 3 is 2.82 bits per heavy atom. The van der Waals surface area contributed by atoms with Gasteiger partial charge in [0.05, 0.1) is 25.0 Å². The molecule has 5 nitrogen and oxygen atoms in total. The van der Waals surface area contributed by atoms with Crippen LogP contribution in [0.2, 0.25) is 0 Å². The van der Waals surface area contributed by atoms with E-state index in [1.54, 1.807) is 7.11 Å². The molecule has 1 aliphatic carbocycles. The predicted molar refractivity (Wildman–Crippen MR) is 84.2 cm³/mol. The molecule has 2 atom stereocenters. The Kier molecular flexibility index (Phi) is 4.43. The van der Waals surface area contributed by atoms with Gasteiger partial charge in [-0.3, -0.25) is 0 Å². The molecule has 6 heteroatoms. The lowest BCUT2D eigenvalue weighted by Gasteiger charge is -2.24. The Morgan fingerprint density at radius 2 is 2.14 bits per heavy atom. The minimum atomic E-state index is -3.33. The molecule has 0 spiro atoms. The van der Waals surface area contributed by atoms with E-state index in [1.165, 1.54) is 4.31 Å². The van der Waals surface area contributed by atoms with Gasteiger partial charge in [-0.1, -0.05) is 25.0 Å². The third-order valence-corrected chi connectivity index (χ3v) is 6.42. The van der Waals surface area contributed by atoms with Crippen LogP contribution in [-0.2, 0) is 10.0 Å². The zero-order valence-electron chi connectivity index (χ0n) is 12.8. The second-order valence-electron chi connectivity index (χ2n) is 6.30. The first-order valence-corrected chi connectivity index (χ1v) is 9.42. The number of β-amino-alcohol motifs (C(OH)–C–C–N with tert-alkyl or cyclic N) is 1. The van der Waals surface area contributed by atoms with Gasteiger partial charge in [0.25, 0.3) is 0 Å². The van der Waals surface area contributed by atoms with Crippen LogP contribution in [0.5, 0.6) is 5.75 Å². The summed E-state index contributed by atoms with van der Waals surface area (Å²) in [5.74, 6) is 1.47. The molecule has 0 radical (unpaired) electrons. The van der Waals surface area contributed by atoms with E-state index in [-0.39, 0.29) is 18.3 Å². The molecule has 0 aromatic heterocycles. The van der Waals surface area contributed by atoms with Crippen molar-refractivity contribution in [2.75, 3.05) is 19.4 Å². The van der Waals surface area contributed by atoms with Crippen molar-refractivity contribution >= 4 is 10.0 Å². The van der Waals surface area contributed by atoms with E-state index in [0.29, 0.717) is 18.1 Å². The molecule has 122 valence electrons. The van der Waals surface area contributed by atoms with Crippen LogP contribution in [0, 0.1) is 5.92 Å². The summed E-state index contributed by atoms with van der Waals surface area (Å²) in [4.78, 5) is 0. The van der Waals surface area contributed by atoms with Gasteiger partial charge in [-0.2, -0.15) is 4.31 Å². The third-order valence-electron chi connectivity index (χ3n) is 4.55. The van der Waals surface area contributed by atoms with Gasteiger partial charge in [-0.05, 0) is 36.5 Å². The molecule has 1 aromatic rings. The van der Waals surface area contributed by atoms with Gasteiger partial charge in [0.2, 0.25) is 10.0 Å². The molecule has 2 fully saturated rings. The van der Waals surface area contributed by atoms with Crippen molar-refractivity contribution in [1.29, 1.82) is 0 Å². The second-order valence-corrected chi connectivity index (χ2v) is 8.34. The van der Waals surface area contributed by atoms with Crippen LogP contribution in [0.15, 0.2) is 24.3 Å². The van der Waals surface area contributed by atoms with Crippen LogP contribution < -0.4 is 4.74 Å². The molecule has 0 amide bonds. The zero-order chi connectivity index (χ0) is 15.7. The van der Waals surface area contributed by atoms with Gasteiger partial charge in [0.15, 0.2) is 0 Å². The highest BCUT2D eigenvalue weighted by atomic mass is 32.2. The molecule has 22 heavy (non-hydrogen) atoms. The molecule has 0 bridgehead atoms. The lowest BCUT2D eigenvalue weighted by atomic mass is 10.0. The number of ether oxygens (including phenoxy) is 1.